The van der Waals surface area contributed by atoms with Gasteiger partial charge in [-0.2, -0.15) is 0 Å². The molecule has 6 nitrogen and oxygen atoms in total. The number of rotatable bonds is 5. The maximum absolute atomic E-state index is 12.5. The van der Waals surface area contributed by atoms with Crippen LogP contribution in [0.5, 0.6) is 0 Å². The van der Waals surface area contributed by atoms with Crippen molar-refractivity contribution >= 4 is 21.0 Å². The normalized spacial score (nSPS) is 16.2. The van der Waals surface area contributed by atoms with Crippen LogP contribution in [-0.4, -0.2) is 32.4 Å². The molecule has 30 heavy (non-hydrogen) atoms. The molecule has 7 heteroatoms. The maximum Gasteiger partial charge on any atom is 0.336 e. The van der Waals surface area contributed by atoms with Crippen LogP contribution in [0.3, 0.4) is 0 Å². The van der Waals surface area contributed by atoms with Gasteiger partial charge in [-0.25, -0.2) is 17.9 Å². The number of aryl methyl sites for hydroxylation is 2. The van der Waals surface area contributed by atoms with Gasteiger partial charge in [0.2, 0.25) is 10.0 Å². The summed E-state index contributed by atoms with van der Waals surface area (Å²) in [7, 11) is -3.50. The molecule has 2 heterocycles. The molecule has 1 saturated heterocycles. The average Bonchev–Trinajstić information content (AvgIpc) is 2.71. The van der Waals surface area contributed by atoms with Gasteiger partial charge in [0.1, 0.15) is 5.58 Å². The highest BCUT2D eigenvalue weighted by Gasteiger charge is 2.25. The number of nitrogens with one attached hydrogen (secondary N) is 1. The molecule has 158 valence electrons. The Hall–Kier alpha value is -2.48. The van der Waals surface area contributed by atoms with Gasteiger partial charge < -0.3 is 4.42 Å². The van der Waals surface area contributed by atoms with E-state index >= 15 is 0 Å². The SMILES string of the molecule is Cc1cc2oc(=O)cc(CN3CCC(NS(=O)(=O)c4ccccc4)CC3)c2cc1C. The summed E-state index contributed by atoms with van der Waals surface area (Å²) in [5, 5.41) is 0.963. The van der Waals surface area contributed by atoms with Crippen molar-refractivity contribution in [3.8, 4) is 0 Å². The number of likely N-dealkylation sites (tertiary alicyclic amines) is 1. The Bertz CT molecular complexity index is 1210. The number of benzene rings is 2. The molecule has 1 N–H and O–H groups in total. The molecular formula is C23H26N2O4S. The van der Waals surface area contributed by atoms with E-state index in [0.29, 0.717) is 17.0 Å². The van der Waals surface area contributed by atoms with Crippen LogP contribution < -0.4 is 10.3 Å². The molecule has 0 bridgehead atoms. The Morgan fingerprint density at radius 2 is 1.70 bits per heavy atom. The Morgan fingerprint density at radius 1 is 1.03 bits per heavy atom. The molecule has 0 amide bonds. The summed E-state index contributed by atoms with van der Waals surface area (Å²) in [5.41, 5.74) is 3.48. The van der Waals surface area contributed by atoms with Crippen molar-refractivity contribution in [3.05, 3.63) is 75.6 Å². The molecular weight excluding hydrogens is 400 g/mol. The van der Waals surface area contributed by atoms with Crippen molar-refractivity contribution in [2.45, 2.75) is 44.2 Å². The quantitative estimate of drug-likeness (QED) is 0.633. The maximum atomic E-state index is 12.5. The van der Waals surface area contributed by atoms with Crippen LogP contribution in [0.2, 0.25) is 0 Å². The Kier molecular flexibility index (Phi) is 5.77. The summed E-state index contributed by atoms with van der Waals surface area (Å²) in [6.07, 6.45) is 1.45. The predicted molar refractivity (Wildman–Crippen MR) is 117 cm³/mol. The van der Waals surface area contributed by atoms with Gasteiger partial charge in [-0.05, 0) is 67.6 Å². The third kappa shape index (κ3) is 4.48. The fourth-order valence-corrected chi connectivity index (χ4v) is 5.28. The van der Waals surface area contributed by atoms with Gasteiger partial charge in [0, 0.05) is 37.1 Å². The number of nitrogens with zero attached hydrogens (tertiary/aromatic N) is 1. The molecule has 3 aromatic rings. The van der Waals surface area contributed by atoms with Gasteiger partial charge in [0.25, 0.3) is 0 Å². The second kappa shape index (κ2) is 8.34. The summed E-state index contributed by atoms with van der Waals surface area (Å²) >= 11 is 0. The number of piperidine rings is 1. The molecule has 0 saturated carbocycles. The minimum Gasteiger partial charge on any atom is -0.423 e. The third-order valence-corrected chi connectivity index (χ3v) is 7.34. The smallest absolute Gasteiger partial charge is 0.336 e. The van der Waals surface area contributed by atoms with Crippen LogP contribution in [0.1, 0.15) is 29.5 Å². The fourth-order valence-electron chi connectivity index (χ4n) is 3.95. The first kappa shape index (κ1) is 20.8. The minimum atomic E-state index is -3.50. The Morgan fingerprint density at radius 3 is 2.40 bits per heavy atom. The molecule has 0 spiro atoms. The molecule has 1 fully saturated rings. The lowest BCUT2D eigenvalue weighted by Gasteiger charge is -2.32. The molecule has 0 atom stereocenters. The van der Waals surface area contributed by atoms with Crippen molar-refractivity contribution in [3.63, 3.8) is 0 Å². The van der Waals surface area contributed by atoms with E-state index in [1.807, 2.05) is 19.9 Å². The van der Waals surface area contributed by atoms with Gasteiger partial charge in [0.05, 0.1) is 4.90 Å². The molecule has 1 aliphatic rings. The van der Waals surface area contributed by atoms with E-state index in [1.54, 1.807) is 36.4 Å². The van der Waals surface area contributed by atoms with Crippen LogP contribution in [0, 0.1) is 13.8 Å². The summed E-state index contributed by atoms with van der Waals surface area (Å²) in [6, 6.07) is 13.9. The summed E-state index contributed by atoms with van der Waals surface area (Å²) in [6.45, 7) is 6.21. The lowest BCUT2D eigenvalue weighted by atomic mass is 10.0. The summed E-state index contributed by atoms with van der Waals surface area (Å²) < 4.78 is 33.3. The molecule has 0 radical (unpaired) electrons. The van der Waals surface area contributed by atoms with Crippen molar-refractivity contribution in [2.75, 3.05) is 13.1 Å². The molecule has 4 rings (SSSR count). The number of hydrogen-bond donors (Lipinski definition) is 1. The Labute approximate surface area is 176 Å². The van der Waals surface area contributed by atoms with Gasteiger partial charge in [-0.3, -0.25) is 4.90 Å². The van der Waals surface area contributed by atoms with E-state index in [1.165, 1.54) is 0 Å². The van der Waals surface area contributed by atoms with Crippen molar-refractivity contribution in [2.24, 2.45) is 0 Å². The summed E-state index contributed by atoms with van der Waals surface area (Å²) in [4.78, 5) is 14.6. The van der Waals surface area contributed by atoms with Crippen LogP contribution in [0.4, 0.5) is 0 Å². The highest BCUT2D eigenvalue weighted by molar-refractivity contribution is 7.89. The van der Waals surface area contributed by atoms with Crippen LogP contribution >= 0.6 is 0 Å². The first-order chi connectivity index (χ1) is 14.3. The standard InChI is InChI=1S/C23H26N2O4S/c1-16-12-21-18(14-23(26)29-22(21)13-17(16)2)15-25-10-8-19(9-11-25)24-30(27,28)20-6-4-3-5-7-20/h3-7,12-14,19,24H,8-11,15H2,1-2H3. The van der Waals surface area contributed by atoms with Crippen LogP contribution in [-0.2, 0) is 16.6 Å². The van der Waals surface area contributed by atoms with Gasteiger partial charge in [-0.1, -0.05) is 18.2 Å². The van der Waals surface area contributed by atoms with Crippen molar-refractivity contribution in [1.29, 1.82) is 0 Å². The molecule has 0 unspecified atom stereocenters. The topological polar surface area (TPSA) is 79.6 Å². The second-order valence-corrected chi connectivity index (χ2v) is 9.72. The Balaban J connectivity index is 1.44. The zero-order valence-electron chi connectivity index (χ0n) is 17.2. The molecule has 1 aromatic heterocycles. The highest BCUT2D eigenvalue weighted by Crippen LogP contribution is 2.24. The van der Waals surface area contributed by atoms with Gasteiger partial charge in [0.15, 0.2) is 0 Å². The highest BCUT2D eigenvalue weighted by atomic mass is 32.2. The first-order valence-electron chi connectivity index (χ1n) is 10.2. The van der Waals surface area contributed by atoms with Gasteiger partial charge in [-0.15, -0.1) is 0 Å². The van der Waals surface area contributed by atoms with E-state index < -0.39 is 10.0 Å². The molecule has 0 aliphatic carbocycles. The molecule has 2 aromatic carbocycles. The molecule has 1 aliphatic heterocycles. The van der Waals surface area contributed by atoms with Crippen LogP contribution in [0.25, 0.3) is 11.0 Å². The first-order valence-corrected chi connectivity index (χ1v) is 11.6. The average molecular weight is 427 g/mol. The number of fused-ring (bicyclic) bond motifs is 1. The zero-order valence-corrected chi connectivity index (χ0v) is 18.0. The predicted octanol–water partition coefficient (Wildman–Crippen LogP) is 3.35. The van der Waals surface area contributed by atoms with E-state index in [0.717, 1.165) is 48.0 Å². The van der Waals surface area contributed by atoms with Gasteiger partial charge >= 0.3 is 5.63 Å². The zero-order chi connectivity index (χ0) is 21.3. The fraction of sp³-hybridized carbons (Fsp3) is 0.348. The lowest BCUT2D eigenvalue weighted by molar-refractivity contribution is 0.200. The van der Waals surface area contributed by atoms with E-state index in [4.69, 9.17) is 4.42 Å². The lowest BCUT2D eigenvalue weighted by Crippen LogP contribution is -2.44. The van der Waals surface area contributed by atoms with Crippen molar-refractivity contribution < 1.29 is 12.8 Å². The second-order valence-electron chi connectivity index (χ2n) is 8.01. The van der Waals surface area contributed by atoms with E-state index in [2.05, 4.69) is 15.7 Å². The summed E-state index contributed by atoms with van der Waals surface area (Å²) in [5.74, 6) is 0. The number of sulfonamides is 1. The largest absolute Gasteiger partial charge is 0.423 e. The van der Waals surface area contributed by atoms with Crippen molar-refractivity contribution in [1.82, 2.24) is 9.62 Å². The van der Waals surface area contributed by atoms with Crippen LogP contribution in [0.15, 0.2) is 62.6 Å². The van der Waals surface area contributed by atoms with E-state index in [9.17, 15) is 13.2 Å². The third-order valence-electron chi connectivity index (χ3n) is 5.80. The number of hydrogen-bond acceptors (Lipinski definition) is 5. The monoisotopic (exact) mass is 426 g/mol. The van der Waals surface area contributed by atoms with E-state index in [-0.39, 0.29) is 11.7 Å². The minimum absolute atomic E-state index is 0.0889.